The molecular weight excluding hydrogens is 264 g/mol. The van der Waals surface area contributed by atoms with Crippen LogP contribution in [0.15, 0.2) is 30.3 Å². The van der Waals surface area contributed by atoms with Crippen molar-refractivity contribution in [3.05, 3.63) is 47.0 Å². The summed E-state index contributed by atoms with van der Waals surface area (Å²) in [6, 6.07) is 10.9. The van der Waals surface area contributed by atoms with E-state index in [1.165, 1.54) is 33.7 Å². The molecule has 3 rings (SSSR count). The summed E-state index contributed by atoms with van der Waals surface area (Å²) in [6.07, 6.45) is 3.06. The first-order valence-corrected chi connectivity index (χ1v) is 7.90. The van der Waals surface area contributed by atoms with Crippen LogP contribution in [0.5, 0.6) is 0 Å². The highest BCUT2D eigenvalue weighted by Crippen LogP contribution is 2.32. The Morgan fingerprint density at radius 1 is 1.20 bits per heavy atom. The molecule has 0 amide bonds. The lowest BCUT2D eigenvalue weighted by atomic mass is 10.0. The molecule has 0 fully saturated rings. The van der Waals surface area contributed by atoms with E-state index in [-0.39, 0.29) is 5.12 Å². The highest BCUT2D eigenvalue weighted by Gasteiger charge is 2.14. The molecule has 0 spiro atoms. The topological polar surface area (TPSA) is 17.1 Å². The fourth-order valence-electron chi connectivity index (χ4n) is 2.76. The molecule has 0 saturated carbocycles. The van der Waals surface area contributed by atoms with Gasteiger partial charge in [-0.15, -0.1) is 0 Å². The monoisotopic (exact) mass is 280 g/mol. The standard InChI is InChI=1S/C18H16OS/c1-13(19)20-12-3-2-5-14-8-9-16-11-10-15-6-4-7-17(14)18(15)16/h4,6-9H,3,10-12H2,1H3. The smallest absolute Gasteiger partial charge is 0.185 e. The van der Waals surface area contributed by atoms with Gasteiger partial charge in [-0.1, -0.05) is 47.9 Å². The molecule has 0 atom stereocenters. The van der Waals surface area contributed by atoms with E-state index in [1.807, 2.05) is 0 Å². The Morgan fingerprint density at radius 3 is 2.80 bits per heavy atom. The van der Waals surface area contributed by atoms with Crippen molar-refractivity contribution in [3.8, 4) is 11.8 Å². The number of aryl methyl sites for hydroxylation is 2. The van der Waals surface area contributed by atoms with Crippen molar-refractivity contribution in [2.75, 3.05) is 5.75 Å². The van der Waals surface area contributed by atoms with E-state index < -0.39 is 0 Å². The van der Waals surface area contributed by atoms with Gasteiger partial charge in [0, 0.05) is 24.7 Å². The molecule has 1 nitrogen and oxygen atoms in total. The van der Waals surface area contributed by atoms with Crippen molar-refractivity contribution >= 4 is 27.6 Å². The van der Waals surface area contributed by atoms with Gasteiger partial charge in [0.25, 0.3) is 0 Å². The van der Waals surface area contributed by atoms with Gasteiger partial charge in [-0.05, 0) is 40.8 Å². The maximum Gasteiger partial charge on any atom is 0.185 e. The van der Waals surface area contributed by atoms with Crippen molar-refractivity contribution < 1.29 is 4.79 Å². The van der Waals surface area contributed by atoms with Crippen LogP contribution in [-0.4, -0.2) is 10.9 Å². The van der Waals surface area contributed by atoms with Crippen LogP contribution in [0.3, 0.4) is 0 Å². The Bertz CT molecular complexity index is 724. The summed E-state index contributed by atoms with van der Waals surface area (Å²) in [5.74, 6) is 7.24. The van der Waals surface area contributed by atoms with Crippen LogP contribution < -0.4 is 0 Å². The molecule has 1 aliphatic carbocycles. The Morgan fingerprint density at radius 2 is 2.00 bits per heavy atom. The molecule has 0 unspecified atom stereocenters. The minimum absolute atomic E-state index is 0.164. The second-order valence-electron chi connectivity index (χ2n) is 5.00. The van der Waals surface area contributed by atoms with E-state index in [0.29, 0.717) is 0 Å². The van der Waals surface area contributed by atoms with E-state index >= 15 is 0 Å². The van der Waals surface area contributed by atoms with Crippen molar-refractivity contribution in [2.45, 2.75) is 26.2 Å². The Hall–Kier alpha value is -1.72. The predicted molar refractivity (Wildman–Crippen MR) is 86.0 cm³/mol. The Balaban J connectivity index is 1.87. The Labute approximate surface area is 123 Å². The molecule has 0 bridgehead atoms. The normalized spacial score (nSPS) is 12.2. The number of carbonyl (C=O) groups excluding carboxylic acids is 1. The lowest BCUT2D eigenvalue weighted by molar-refractivity contribution is -0.109. The third-order valence-electron chi connectivity index (χ3n) is 3.63. The highest BCUT2D eigenvalue weighted by molar-refractivity contribution is 8.13. The lowest BCUT2D eigenvalue weighted by Crippen LogP contribution is -1.85. The van der Waals surface area contributed by atoms with E-state index in [4.69, 9.17) is 0 Å². The number of benzene rings is 2. The highest BCUT2D eigenvalue weighted by atomic mass is 32.2. The van der Waals surface area contributed by atoms with Crippen LogP contribution in [0.25, 0.3) is 10.8 Å². The second-order valence-corrected chi connectivity index (χ2v) is 6.28. The molecule has 1 aliphatic rings. The van der Waals surface area contributed by atoms with Gasteiger partial charge < -0.3 is 0 Å². The molecule has 0 saturated heterocycles. The molecule has 2 heteroatoms. The molecule has 2 aromatic rings. The molecule has 2 aromatic carbocycles. The third kappa shape index (κ3) is 2.59. The summed E-state index contributed by atoms with van der Waals surface area (Å²) in [4.78, 5) is 10.8. The minimum atomic E-state index is 0.164. The summed E-state index contributed by atoms with van der Waals surface area (Å²) in [5.41, 5.74) is 4.02. The van der Waals surface area contributed by atoms with E-state index in [9.17, 15) is 4.79 Å². The molecule has 100 valence electrons. The van der Waals surface area contributed by atoms with Crippen molar-refractivity contribution in [1.29, 1.82) is 0 Å². The first-order valence-electron chi connectivity index (χ1n) is 6.91. The zero-order chi connectivity index (χ0) is 13.9. The average molecular weight is 280 g/mol. The van der Waals surface area contributed by atoms with E-state index in [2.05, 4.69) is 42.2 Å². The van der Waals surface area contributed by atoms with Crippen LogP contribution in [0.4, 0.5) is 0 Å². The molecule has 0 aromatic heterocycles. The second kappa shape index (κ2) is 5.73. The number of hydrogen-bond donors (Lipinski definition) is 0. The van der Waals surface area contributed by atoms with Crippen LogP contribution >= 0.6 is 11.8 Å². The van der Waals surface area contributed by atoms with Crippen molar-refractivity contribution in [2.24, 2.45) is 0 Å². The lowest BCUT2D eigenvalue weighted by Gasteiger charge is -2.03. The zero-order valence-electron chi connectivity index (χ0n) is 11.5. The number of carbonyl (C=O) groups is 1. The first-order chi connectivity index (χ1) is 9.75. The minimum Gasteiger partial charge on any atom is -0.288 e. The molecule has 0 aliphatic heterocycles. The van der Waals surface area contributed by atoms with Gasteiger partial charge in [0.2, 0.25) is 0 Å². The summed E-state index contributed by atoms with van der Waals surface area (Å²) in [7, 11) is 0. The van der Waals surface area contributed by atoms with E-state index in [0.717, 1.165) is 30.6 Å². The molecule has 0 radical (unpaired) electrons. The largest absolute Gasteiger partial charge is 0.288 e. The SMILES string of the molecule is CC(=O)SCCC#Cc1ccc2c3c(cccc13)CC2. The fraction of sp³-hybridized carbons (Fsp3) is 0.278. The number of thioether (sulfide) groups is 1. The van der Waals surface area contributed by atoms with Gasteiger partial charge in [-0.2, -0.15) is 0 Å². The molecule has 20 heavy (non-hydrogen) atoms. The predicted octanol–water partition coefficient (Wildman–Crippen LogP) is 3.96. The quantitative estimate of drug-likeness (QED) is 0.612. The third-order valence-corrected chi connectivity index (χ3v) is 4.45. The molecule has 0 heterocycles. The average Bonchev–Trinajstić information content (AvgIpc) is 2.86. The van der Waals surface area contributed by atoms with E-state index in [1.54, 1.807) is 6.92 Å². The number of rotatable bonds is 2. The van der Waals surface area contributed by atoms with Gasteiger partial charge in [-0.25, -0.2) is 0 Å². The zero-order valence-corrected chi connectivity index (χ0v) is 12.3. The summed E-state index contributed by atoms with van der Waals surface area (Å²) >= 11 is 1.34. The van der Waals surface area contributed by atoms with Gasteiger partial charge in [0.1, 0.15) is 0 Å². The molecular formula is C18H16OS. The van der Waals surface area contributed by atoms with Gasteiger partial charge >= 0.3 is 0 Å². The van der Waals surface area contributed by atoms with Crippen LogP contribution in [0, 0.1) is 11.8 Å². The van der Waals surface area contributed by atoms with Crippen molar-refractivity contribution in [3.63, 3.8) is 0 Å². The summed E-state index contributed by atoms with van der Waals surface area (Å²) < 4.78 is 0. The maximum absolute atomic E-state index is 10.8. The molecule has 0 N–H and O–H groups in total. The van der Waals surface area contributed by atoms with Gasteiger partial charge in [0.15, 0.2) is 5.12 Å². The van der Waals surface area contributed by atoms with Crippen LogP contribution in [0.2, 0.25) is 0 Å². The van der Waals surface area contributed by atoms with Crippen LogP contribution in [0.1, 0.15) is 30.0 Å². The maximum atomic E-state index is 10.8. The fourth-order valence-corrected chi connectivity index (χ4v) is 3.25. The first kappa shape index (κ1) is 13.3. The summed E-state index contributed by atoms with van der Waals surface area (Å²) in [5, 5.41) is 2.86. The van der Waals surface area contributed by atoms with Crippen molar-refractivity contribution in [1.82, 2.24) is 0 Å². The number of hydrogen-bond acceptors (Lipinski definition) is 2. The van der Waals surface area contributed by atoms with Gasteiger partial charge in [-0.3, -0.25) is 4.79 Å². The summed E-state index contributed by atoms with van der Waals surface area (Å²) in [6.45, 7) is 1.60. The van der Waals surface area contributed by atoms with Crippen LogP contribution in [-0.2, 0) is 17.6 Å². The van der Waals surface area contributed by atoms with Gasteiger partial charge in [0.05, 0.1) is 0 Å². The Kier molecular flexibility index (Phi) is 3.80.